The van der Waals surface area contributed by atoms with Crippen LogP contribution in [0.15, 0.2) is 40.6 Å². The predicted octanol–water partition coefficient (Wildman–Crippen LogP) is 4.28. The van der Waals surface area contributed by atoms with Gasteiger partial charge in [-0.15, -0.1) is 11.3 Å². The highest BCUT2D eigenvalue weighted by molar-refractivity contribution is 7.89. The highest BCUT2D eigenvalue weighted by Gasteiger charge is 2.32. The smallest absolute Gasteiger partial charge is 0.254 e. The summed E-state index contributed by atoms with van der Waals surface area (Å²) in [5, 5.41) is 1.99. The zero-order valence-electron chi connectivity index (χ0n) is 16.7. The van der Waals surface area contributed by atoms with Crippen molar-refractivity contribution in [3.63, 3.8) is 0 Å². The van der Waals surface area contributed by atoms with Gasteiger partial charge in [0.2, 0.25) is 10.0 Å². The largest absolute Gasteiger partial charge is 0.334 e. The molecule has 7 heteroatoms. The van der Waals surface area contributed by atoms with Crippen molar-refractivity contribution in [3.05, 3.63) is 51.7 Å². The topological polar surface area (TPSA) is 57.7 Å². The summed E-state index contributed by atoms with van der Waals surface area (Å²) in [6.45, 7) is 7.39. The van der Waals surface area contributed by atoms with Crippen LogP contribution in [0.2, 0.25) is 0 Å². The number of hydrogen-bond acceptors (Lipinski definition) is 4. The molecule has 28 heavy (non-hydrogen) atoms. The number of thiophene rings is 1. The molecule has 3 rings (SSSR count). The summed E-state index contributed by atoms with van der Waals surface area (Å²) in [4.78, 5) is 16.2. The van der Waals surface area contributed by atoms with Crippen LogP contribution < -0.4 is 0 Å². The van der Waals surface area contributed by atoms with Crippen LogP contribution in [0, 0.1) is 6.92 Å². The second-order valence-corrected chi connectivity index (χ2v) is 10.3. The zero-order chi connectivity index (χ0) is 20.3. The minimum atomic E-state index is -3.60. The molecule has 1 unspecified atom stereocenters. The highest BCUT2D eigenvalue weighted by Crippen LogP contribution is 2.27. The average molecular weight is 421 g/mol. The summed E-state index contributed by atoms with van der Waals surface area (Å²) in [6, 6.07) is 8.89. The quantitative estimate of drug-likeness (QED) is 0.701. The van der Waals surface area contributed by atoms with Crippen LogP contribution in [0.1, 0.15) is 53.9 Å². The standard InChI is InChI=1S/C21H28N2O3S2/c1-4-22(15-18-9-7-13-27-18)21(24)20-14-19(11-10-16(20)2)28(25,26)23-12-6-5-8-17(23)3/h7,9-11,13-14,17H,4-6,8,12,15H2,1-3H3. The zero-order valence-corrected chi connectivity index (χ0v) is 18.4. The van der Waals surface area contributed by atoms with Crippen molar-refractivity contribution in [2.24, 2.45) is 0 Å². The van der Waals surface area contributed by atoms with E-state index in [2.05, 4.69) is 0 Å². The molecular weight excluding hydrogens is 392 g/mol. The van der Waals surface area contributed by atoms with Gasteiger partial charge in [0, 0.05) is 29.6 Å². The van der Waals surface area contributed by atoms with Crippen molar-refractivity contribution in [2.75, 3.05) is 13.1 Å². The number of amides is 1. The Hall–Kier alpha value is -1.70. The number of benzene rings is 1. The molecule has 1 saturated heterocycles. The highest BCUT2D eigenvalue weighted by atomic mass is 32.2. The van der Waals surface area contributed by atoms with Gasteiger partial charge in [0.15, 0.2) is 0 Å². The van der Waals surface area contributed by atoms with Gasteiger partial charge in [0.05, 0.1) is 11.4 Å². The lowest BCUT2D eigenvalue weighted by Gasteiger charge is -2.32. The molecule has 1 aromatic heterocycles. The van der Waals surface area contributed by atoms with Crippen LogP contribution in [0.25, 0.3) is 0 Å². The van der Waals surface area contributed by atoms with E-state index in [1.807, 2.05) is 38.3 Å². The fourth-order valence-electron chi connectivity index (χ4n) is 3.64. The second-order valence-electron chi connectivity index (χ2n) is 7.34. The van der Waals surface area contributed by atoms with Crippen LogP contribution >= 0.6 is 11.3 Å². The van der Waals surface area contributed by atoms with Gasteiger partial charge in [-0.2, -0.15) is 4.31 Å². The Kier molecular flexibility index (Phi) is 6.58. The minimum Gasteiger partial charge on any atom is -0.334 e. The molecule has 1 fully saturated rings. The molecule has 5 nitrogen and oxygen atoms in total. The van der Waals surface area contributed by atoms with Crippen molar-refractivity contribution in [1.82, 2.24) is 9.21 Å². The SMILES string of the molecule is CCN(Cc1cccs1)C(=O)c1cc(S(=O)(=O)N2CCCCC2C)ccc1C. The Labute approximate surface area is 172 Å². The Bertz CT molecular complexity index is 923. The molecule has 0 bridgehead atoms. The first kappa shape index (κ1) is 21.0. The molecule has 0 saturated carbocycles. The molecule has 152 valence electrons. The summed E-state index contributed by atoms with van der Waals surface area (Å²) in [6.07, 6.45) is 2.81. The van der Waals surface area contributed by atoms with Crippen molar-refractivity contribution in [3.8, 4) is 0 Å². The number of nitrogens with zero attached hydrogens (tertiary/aromatic N) is 2. The van der Waals surface area contributed by atoms with Crippen molar-refractivity contribution >= 4 is 27.3 Å². The van der Waals surface area contributed by atoms with E-state index in [-0.39, 0.29) is 16.8 Å². The summed E-state index contributed by atoms with van der Waals surface area (Å²) >= 11 is 1.61. The van der Waals surface area contributed by atoms with Crippen molar-refractivity contribution in [1.29, 1.82) is 0 Å². The Balaban J connectivity index is 1.91. The average Bonchev–Trinajstić information content (AvgIpc) is 3.19. The molecule has 1 aliphatic rings. The Morgan fingerprint density at radius 3 is 2.71 bits per heavy atom. The molecule has 0 N–H and O–H groups in total. The first-order valence-electron chi connectivity index (χ1n) is 9.78. The van der Waals surface area contributed by atoms with E-state index < -0.39 is 10.0 Å². The van der Waals surface area contributed by atoms with Gasteiger partial charge in [0.25, 0.3) is 5.91 Å². The van der Waals surface area contributed by atoms with Crippen LogP contribution in [0.3, 0.4) is 0 Å². The predicted molar refractivity (Wildman–Crippen MR) is 113 cm³/mol. The Morgan fingerprint density at radius 1 is 1.29 bits per heavy atom. The molecule has 0 radical (unpaired) electrons. The van der Waals surface area contributed by atoms with E-state index in [1.54, 1.807) is 38.7 Å². The van der Waals surface area contributed by atoms with Gasteiger partial charge in [-0.25, -0.2) is 8.42 Å². The molecule has 2 aromatic rings. The molecule has 1 atom stereocenters. The summed E-state index contributed by atoms with van der Waals surface area (Å²) in [7, 11) is -3.60. The molecule has 2 heterocycles. The van der Waals surface area contributed by atoms with E-state index in [9.17, 15) is 13.2 Å². The second kappa shape index (κ2) is 8.76. The first-order valence-corrected chi connectivity index (χ1v) is 12.1. The van der Waals surface area contributed by atoms with E-state index in [4.69, 9.17) is 0 Å². The third-order valence-corrected chi connectivity index (χ3v) is 8.25. The van der Waals surface area contributed by atoms with Gasteiger partial charge in [-0.05, 0) is 62.8 Å². The van der Waals surface area contributed by atoms with E-state index in [1.165, 1.54) is 0 Å². The number of carbonyl (C=O) groups excluding carboxylic acids is 1. The maximum atomic E-state index is 13.2. The van der Waals surface area contributed by atoms with Crippen LogP contribution in [-0.2, 0) is 16.6 Å². The van der Waals surface area contributed by atoms with Crippen LogP contribution in [-0.4, -0.2) is 42.7 Å². The number of carbonyl (C=O) groups is 1. The lowest BCUT2D eigenvalue weighted by molar-refractivity contribution is 0.0753. The number of aryl methyl sites for hydroxylation is 1. The summed E-state index contributed by atoms with van der Waals surface area (Å²) < 4.78 is 27.9. The lowest BCUT2D eigenvalue weighted by atomic mass is 10.1. The molecule has 0 spiro atoms. The number of rotatable bonds is 6. The van der Waals surface area contributed by atoms with Gasteiger partial charge in [-0.3, -0.25) is 4.79 Å². The van der Waals surface area contributed by atoms with Gasteiger partial charge >= 0.3 is 0 Å². The third-order valence-electron chi connectivity index (χ3n) is 5.38. The molecular formula is C21H28N2O3S2. The molecule has 1 aromatic carbocycles. The number of sulfonamides is 1. The summed E-state index contributed by atoms with van der Waals surface area (Å²) in [5.41, 5.74) is 1.25. The first-order chi connectivity index (χ1) is 13.3. The minimum absolute atomic E-state index is 0.00910. The van der Waals surface area contributed by atoms with Crippen molar-refractivity contribution < 1.29 is 13.2 Å². The van der Waals surface area contributed by atoms with Gasteiger partial charge in [0.1, 0.15) is 0 Å². The molecule has 1 amide bonds. The van der Waals surface area contributed by atoms with E-state index in [0.29, 0.717) is 25.2 Å². The fourth-order valence-corrected chi connectivity index (χ4v) is 6.09. The van der Waals surface area contributed by atoms with Crippen LogP contribution in [0.4, 0.5) is 0 Å². The van der Waals surface area contributed by atoms with E-state index in [0.717, 1.165) is 29.7 Å². The maximum absolute atomic E-state index is 13.2. The Morgan fingerprint density at radius 2 is 2.07 bits per heavy atom. The van der Waals surface area contributed by atoms with Gasteiger partial charge < -0.3 is 4.90 Å². The normalized spacial score (nSPS) is 18.2. The summed E-state index contributed by atoms with van der Waals surface area (Å²) in [5.74, 6) is -0.128. The molecule has 1 aliphatic heterocycles. The fraction of sp³-hybridized carbons (Fsp3) is 0.476. The van der Waals surface area contributed by atoms with Gasteiger partial charge in [-0.1, -0.05) is 18.6 Å². The lowest BCUT2D eigenvalue weighted by Crippen LogP contribution is -2.42. The van der Waals surface area contributed by atoms with Crippen molar-refractivity contribution in [2.45, 2.75) is 57.5 Å². The van der Waals surface area contributed by atoms with E-state index >= 15 is 0 Å². The monoisotopic (exact) mass is 420 g/mol. The third kappa shape index (κ3) is 4.31. The number of hydrogen-bond donors (Lipinski definition) is 0. The number of piperidine rings is 1. The molecule has 0 aliphatic carbocycles. The van der Waals surface area contributed by atoms with Crippen LogP contribution in [0.5, 0.6) is 0 Å². The maximum Gasteiger partial charge on any atom is 0.254 e.